The van der Waals surface area contributed by atoms with Crippen LogP contribution in [0.3, 0.4) is 0 Å². The lowest BCUT2D eigenvalue weighted by molar-refractivity contribution is 0.189. The first-order chi connectivity index (χ1) is 15.0. The van der Waals surface area contributed by atoms with Gasteiger partial charge >= 0.3 is 0 Å². The molecule has 0 saturated carbocycles. The number of para-hydroxylation sites is 1. The van der Waals surface area contributed by atoms with Crippen molar-refractivity contribution >= 4 is 35.5 Å². The van der Waals surface area contributed by atoms with E-state index in [1.54, 1.807) is 6.07 Å². The Balaban J connectivity index is 1.97. The molecule has 0 radical (unpaired) electrons. The minimum absolute atomic E-state index is 0.271. The molecule has 0 unspecified atom stereocenters. The number of anilines is 3. The van der Waals surface area contributed by atoms with Crippen LogP contribution in [-0.4, -0.2) is 32.0 Å². The van der Waals surface area contributed by atoms with E-state index in [0.29, 0.717) is 36.3 Å². The zero-order valence-electron chi connectivity index (χ0n) is 17.8. The molecule has 2 aromatic rings. The average molecular weight is 423 g/mol. The zero-order chi connectivity index (χ0) is 22.2. The molecule has 0 aliphatic carbocycles. The SMILES string of the molecule is C=NC1=C(C(N=C(C)Nc2c(N)cccc2NC)=NCc2cccc(F)c2)CCCO1. The van der Waals surface area contributed by atoms with Crippen molar-refractivity contribution in [1.29, 1.82) is 0 Å². The quantitative estimate of drug-likeness (QED) is 0.360. The second-order valence-corrected chi connectivity index (χ2v) is 7.01. The Morgan fingerprint density at radius 1 is 1.26 bits per heavy atom. The number of rotatable bonds is 6. The summed E-state index contributed by atoms with van der Waals surface area (Å²) in [7, 11) is 1.82. The summed E-state index contributed by atoms with van der Waals surface area (Å²) < 4.78 is 19.2. The van der Waals surface area contributed by atoms with Crippen molar-refractivity contribution in [3.8, 4) is 0 Å². The van der Waals surface area contributed by atoms with Gasteiger partial charge in [-0.25, -0.2) is 14.4 Å². The third-order valence-corrected chi connectivity index (χ3v) is 4.73. The number of amidine groups is 2. The van der Waals surface area contributed by atoms with Crippen LogP contribution in [0.2, 0.25) is 0 Å². The van der Waals surface area contributed by atoms with E-state index in [1.807, 2.05) is 38.2 Å². The van der Waals surface area contributed by atoms with Crippen LogP contribution < -0.4 is 16.4 Å². The molecule has 0 atom stereocenters. The van der Waals surface area contributed by atoms with Crippen LogP contribution in [0.25, 0.3) is 0 Å². The molecular weight excluding hydrogens is 395 g/mol. The van der Waals surface area contributed by atoms with Gasteiger partial charge in [-0.05, 0) is 56.3 Å². The van der Waals surface area contributed by atoms with Gasteiger partial charge in [0.15, 0.2) is 5.84 Å². The van der Waals surface area contributed by atoms with Crippen molar-refractivity contribution in [3.63, 3.8) is 0 Å². The fourth-order valence-corrected chi connectivity index (χ4v) is 3.25. The summed E-state index contributed by atoms with van der Waals surface area (Å²) in [6.45, 7) is 6.27. The molecule has 4 N–H and O–H groups in total. The Morgan fingerprint density at radius 3 is 2.81 bits per heavy atom. The third-order valence-electron chi connectivity index (χ3n) is 4.73. The van der Waals surface area contributed by atoms with Crippen LogP contribution in [0.15, 0.2) is 68.9 Å². The lowest BCUT2D eigenvalue weighted by Gasteiger charge is -2.19. The first kappa shape index (κ1) is 22.0. The monoisotopic (exact) mass is 422 g/mol. The number of ether oxygens (including phenoxy) is 1. The molecule has 1 heterocycles. The molecule has 7 nitrogen and oxygen atoms in total. The molecule has 0 spiro atoms. The van der Waals surface area contributed by atoms with Gasteiger partial charge in [0, 0.05) is 7.05 Å². The lowest BCUT2D eigenvalue weighted by Crippen LogP contribution is -2.17. The predicted octanol–water partition coefficient (Wildman–Crippen LogP) is 4.60. The maximum atomic E-state index is 13.6. The standard InChI is InChI=1S/C23H27FN6O/c1-15(29-21-19(25)10-5-11-20(21)26-2)30-22(18-9-6-12-31-23(18)27-3)28-14-16-7-4-8-17(24)13-16/h4-5,7-8,10-11,13,26H,3,6,9,12,14,25H2,1-2H3,(H,28,29,30). The number of halogens is 1. The lowest BCUT2D eigenvalue weighted by atomic mass is 10.1. The Labute approximate surface area is 181 Å². The Bertz CT molecular complexity index is 1040. The van der Waals surface area contributed by atoms with E-state index in [-0.39, 0.29) is 12.4 Å². The molecule has 0 fully saturated rings. The van der Waals surface area contributed by atoms with Gasteiger partial charge in [-0.1, -0.05) is 18.2 Å². The highest BCUT2D eigenvalue weighted by Crippen LogP contribution is 2.28. The second kappa shape index (κ2) is 10.4. The fraction of sp³-hybridized carbons (Fsp3) is 0.261. The smallest absolute Gasteiger partial charge is 0.219 e. The second-order valence-electron chi connectivity index (χ2n) is 7.01. The van der Waals surface area contributed by atoms with Crippen molar-refractivity contribution in [2.45, 2.75) is 26.3 Å². The van der Waals surface area contributed by atoms with Gasteiger partial charge in [0.05, 0.1) is 35.8 Å². The molecule has 0 aromatic heterocycles. The van der Waals surface area contributed by atoms with Gasteiger partial charge in [-0.3, -0.25) is 4.99 Å². The summed E-state index contributed by atoms with van der Waals surface area (Å²) in [5.74, 6) is 1.19. The van der Waals surface area contributed by atoms with Gasteiger partial charge in [-0.15, -0.1) is 0 Å². The summed E-state index contributed by atoms with van der Waals surface area (Å²) in [6, 6.07) is 11.9. The molecule has 1 aliphatic rings. The summed E-state index contributed by atoms with van der Waals surface area (Å²) >= 11 is 0. The Hall–Kier alpha value is -3.68. The molecule has 3 rings (SSSR count). The van der Waals surface area contributed by atoms with E-state index in [0.717, 1.165) is 28.9 Å². The van der Waals surface area contributed by atoms with E-state index in [4.69, 9.17) is 15.5 Å². The molecule has 2 aromatic carbocycles. The predicted molar refractivity (Wildman–Crippen MR) is 126 cm³/mol. The zero-order valence-corrected chi connectivity index (χ0v) is 17.8. The molecule has 0 bridgehead atoms. The number of hydrogen-bond acceptors (Lipinski definition) is 5. The summed E-state index contributed by atoms with van der Waals surface area (Å²) in [5.41, 5.74) is 9.82. The minimum Gasteiger partial charge on any atom is -0.477 e. The Morgan fingerprint density at radius 2 is 2.06 bits per heavy atom. The first-order valence-electron chi connectivity index (χ1n) is 10.0. The van der Waals surface area contributed by atoms with Crippen LogP contribution in [0.1, 0.15) is 25.3 Å². The van der Waals surface area contributed by atoms with Gasteiger partial charge in [0.2, 0.25) is 5.88 Å². The summed E-state index contributed by atoms with van der Waals surface area (Å²) in [6.07, 6.45) is 1.53. The van der Waals surface area contributed by atoms with Crippen LogP contribution in [0.4, 0.5) is 21.5 Å². The molecular formula is C23H27FN6O. The van der Waals surface area contributed by atoms with Gasteiger partial charge in [0.1, 0.15) is 11.7 Å². The highest BCUT2D eigenvalue weighted by Gasteiger charge is 2.19. The molecule has 0 saturated heterocycles. The summed E-state index contributed by atoms with van der Waals surface area (Å²) in [4.78, 5) is 13.4. The highest BCUT2D eigenvalue weighted by molar-refractivity contribution is 6.10. The van der Waals surface area contributed by atoms with Crippen molar-refractivity contribution < 1.29 is 9.13 Å². The van der Waals surface area contributed by atoms with Crippen molar-refractivity contribution in [1.82, 2.24) is 0 Å². The number of nitrogen functional groups attached to an aromatic ring is 1. The largest absolute Gasteiger partial charge is 0.477 e. The van der Waals surface area contributed by atoms with Gasteiger partial charge in [-0.2, -0.15) is 0 Å². The van der Waals surface area contributed by atoms with Crippen LogP contribution in [0.5, 0.6) is 0 Å². The molecule has 31 heavy (non-hydrogen) atoms. The maximum absolute atomic E-state index is 13.6. The average Bonchev–Trinajstić information content (AvgIpc) is 2.78. The van der Waals surface area contributed by atoms with Crippen LogP contribution in [-0.2, 0) is 11.3 Å². The molecule has 0 amide bonds. The van der Waals surface area contributed by atoms with E-state index in [1.165, 1.54) is 12.1 Å². The van der Waals surface area contributed by atoms with Crippen LogP contribution >= 0.6 is 0 Å². The minimum atomic E-state index is -0.302. The normalized spacial score (nSPS) is 14.8. The van der Waals surface area contributed by atoms with E-state index in [9.17, 15) is 4.39 Å². The van der Waals surface area contributed by atoms with Crippen molar-refractivity contribution in [2.24, 2.45) is 15.0 Å². The molecule has 162 valence electrons. The Kier molecular flexibility index (Phi) is 7.37. The molecule has 8 heteroatoms. The number of hydrogen-bond donors (Lipinski definition) is 3. The van der Waals surface area contributed by atoms with Gasteiger partial charge < -0.3 is 21.1 Å². The number of nitrogens with two attached hydrogens (primary N) is 1. The fourth-order valence-electron chi connectivity index (χ4n) is 3.25. The number of nitrogens with zero attached hydrogens (tertiary/aromatic N) is 3. The number of benzene rings is 2. The third kappa shape index (κ3) is 5.69. The van der Waals surface area contributed by atoms with E-state index < -0.39 is 0 Å². The highest BCUT2D eigenvalue weighted by atomic mass is 19.1. The number of aliphatic imine (C=N–C) groups is 3. The van der Waals surface area contributed by atoms with E-state index >= 15 is 0 Å². The van der Waals surface area contributed by atoms with Gasteiger partial charge in [0.25, 0.3) is 0 Å². The topological polar surface area (TPSA) is 96.4 Å². The molecule has 1 aliphatic heterocycles. The van der Waals surface area contributed by atoms with Crippen molar-refractivity contribution in [2.75, 3.05) is 30.0 Å². The van der Waals surface area contributed by atoms with Crippen molar-refractivity contribution in [3.05, 3.63) is 65.3 Å². The maximum Gasteiger partial charge on any atom is 0.219 e. The first-order valence-corrected chi connectivity index (χ1v) is 10.0. The van der Waals surface area contributed by atoms with Crippen LogP contribution in [0, 0.1) is 5.82 Å². The summed E-state index contributed by atoms with van der Waals surface area (Å²) in [5, 5.41) is 6.36. The van der Waals surface area contributed by atoms with E-state index in [2.05, 4.69) is 27.3 Å². The number of nitrogens with one attached hydrogen (secondary N) is 2.